The second-order valence-electron chi connectivity index (χ2n) is 5.38. The van der Waals surface area contributed by atoms with Gasteiger partial charge in [-0.1, -0.05) is 12.1 Å². The topological polar surface area (TPSA) is 37.6 Å². The fraction of sp³-hybridized carbons (Fsp3) is 0.412. The van der Waals surface area contributed by atoms with Gasteiger partial charge in [-0.3, -0.25) is 0 Å². The Bertz CT molecular complexity index is 530. The molecule has 3 rings (SSSR count). The molecule has 112 valence electrons. The monoisotopic (exact) mass is 286 g/mol. The molecular weight excluding hydrogens is 264 g/mol. The third kappa shape index (κ3) is 3.65. The van der Waals surface area contributed by atoms with Crippen molar-refractivity contribution in [2.24, 2.45) is 0 Å². The lowest BCUT2D eigenvalue weighted by Crippen LogP contribution is -2.36. The summed E-state index contributed by atoms with van der Waals surface area (Å²) in [6.45, 7) is 6.56. The first-order chi connectivity index (χ1) is 10.3. The Morgan fingerprint density at radius 2 is 1.90 bits per heavy atom. The van der Waals surface area contributed by atoms with E-state index in [9.17, 15) is 0 Å². The third-order valence-corrected chi connectivity index (χ3v) is 3.89. The van der Waals surface area contributed by atoms with E-state index in [-0.39, 0.29) is 6.04 Å². The van der Waals surface area contributed by atoms with Gasteiger partial charge in [0.15, 0.2) is 0 Å². The van der Waals surface area contributed by atoms with Crippen molar-refractivity contribution in [1.29, 1.82) is 0 Å². The number of ether oxygens (including phenoxy) is 1. The highest BCUT2D eigenvalue weighted by Crippen LogP contribution is 2.18. The zero-order chi connectivity index (χ0) is 14.5. The van der Waals surface area contributed by atoms with E-state index in [4.69, 9.17) is 9.15 Å². The number of morpholine rings is 1. The minimum Gasteiger partial charge on any atom is -0.468 e. The van der Waals surface area contributed by atoms with Crippen LogP contribution in [0.25, 0.3) is 0 Å². The van der Waals surface area contributed by atoms with Crippen molar-refractivity contribution in [3.63, 3.8) is 0 Å². The van der Waals surface area contributed by atoms with E-state index in [0.29, 0.717) is 0 Å². The molecule has 1 aliphatic rings. The maximum atomic E-state index is 5.40. The molecule has 1 atom stereocenters. The number of rotatable bonds is 5. The van der Waals surface area contributed by atoms with Gasteiger partial charge in [0.05, 0.1) is 25.5 Å². The summed E-state index contributed by atoms with van der Waals surface area (Å²) in [5, 5.41) is 3.47. The Labute approximate surface area is 125 Å². The van der Waals surface area contributed by atoms with E-state index in [0.717, 1.165) is 38.6 Å². The van der Waals surface area contributed by atoms with Crippen molar-refractivity contribution in [1.82, 2.24) is 5.32 Å². The number of nitrogens with one attached hydrogen (secondary N) is 1. The maximum Gasteiger partial charge on any atom is 0.120 e. The molecule has 1 fully saturated rings. The van der Waals surface area contributed by atoms with Gasteiger partial charge in [-0.05, 0) is 36.8 Å². The molecule has 1 aliphatic heterocycles. The first-order valence-electron chi connectivity index (χ1n) is 7.51. The molecule has 0 aliphatic carbocycles. The highest BCUT2D eigenvalue weighted by atomic mass is 16.5. The van der Waals surface area contributed by atoms with Crippen LogP contribution in [0, 0.1) is 0 Å². The standard InChI is InChI=1S/C17H22N2O2/c1-14(17-3-2-10-21-17)18-13-15-4-6-16(7-5-15)19-8-11-20-12-9-19/h2-7,10,14,18H,8-9,11-13H2,1H3/t14-/m1/s1. The molecule has 0 radical (unpaired) electrons. The van der Waals surface area contributed by atoms with Crippen LogP contribution in [-0.4, -0.2) is 26.3 Å². The minimum atomic E-state index is 0.221. The molecule has 2 heterocycles. The molecule has 0 unspecified atom stereocenters. The largest absolute Gasteiger partial charge is 0.468 e. The quantitative estimate of drug-likeness (QED) is 0.917. The highest BCUT2D eigenvalue weighted by Gasteiger charge is 2.11. The van der Waals surface area contributed by atoms with Crippen LogP contribution in [-0.2, 0) is 11.3 Å². The van der Waals surface area contributed by atoms with Gasteiger partial charge < -0.3 is 19.4 Å². The molecule has 0 amide bonds. The van der Waals surface area contributed by atoms with Crippen LogP contribution in [0.5, 0.6) is 0 Å². The Morgan fingerprint density at radius 1 is 1.14 bits per heavy atom. The van der Waals surface area contributed by atoms with Crippen molar-refractivity contribution >= 4 is 5.69 Å². The molecule has 4 nitrogen and oxygen atoms in total. The maximum absolute atomic E-state index is 5.40. The summed E-state index contributed by atoms with van der Waals surface area (Å²) in [5.41, 5.74) is 2.56. The first kappa shape index (κ1) is 14.2. The molecule has 0 bridgehead atoms. The third-order valence-electron chi connectivity index (χ3n) is 3.89. The van der Waals surface area contributed by atoms with Gasteiger partial charge in [0.25, 0.3) is 0 Å². The number of hydrogen-bond donors (Lipinski definition) is 1. The fourth-order valence-corrected chi connectivity index (χ4v) is 2.56. The van der Waals surface area contributed by atoms with Crippen molar-refractivity contribution in [3.05, 3.63) is 54.0 Å². The SMILES string of the molecule is C[C@@H](NCc1ccc(N2CCOCC2)cc1)c1ccco1. The molecular formula is C17H22N2O2. The predicted molar refractivity (Wildman–Crippen MR) is 83.4 cm³/mol. The van der Waals surface area contributed by atoms with Crippen molar-refractivity contribution in [2.75, 3.05) is 31.2 Å². The molecule has 1 saturated heterocycles. The molecule has 2 aromatic rings. The van der Waals surface area contributed by atoms with Gasteiger partial charge >= 0.3 is 0 Å². The van der Waals surface area contributed by atoms with Gasteiger partial charge in [0.2, 0.25) is 0 Å². The van der Waals surface area contributed by atoms with Gasteiger partial charge in [-0.15, -0.1) is 0 Å². The van der Waals surface area contributed by atoms with E-state index in [1.54, 1.807) is 6.26 Å². The molecule has 1 N–H and O–H groups in total. The highest BCUT2D eigenvalue weighted by molar-refractivity contribution is 5.47. The predicted octanol–water partition coefficient (Wildman–Crippen LogP) is 2.97. The zero-order valence-electron chi connectivity index (χ0n) is 12.4. The normalized spacial score (nSPS) is 16.9. The fourth-order valence-electron chi connectivity index (χ4n) is 2.56. The Kier molecular flexibility index (Phi) is 4.58. The number of anilines is 1. The summed E-state index contributed by atoms with van der Waals surface area (Å²) in [6.07, 6.45) is 1.71. The average molecular weight is 286 g/mol. The second-order valence-corrected chi connectivity index (χ2v) is 5.38. The minimum absolute atomic E-state index is 0.221. The Hall–Kier alpha value is -1.78. The van der Waals surface area contributed by atoms with Crippen LogP contribution in [0.15, 0.2) is 47.1 Å². The van der Waals surface area contributed by atoms with Gasteiger partial charge in [0.1, 0.15) is 5.76 Å². The van der Waals surface area contributed by atoms with Crippen molar-refractivity contribution in [2.45, 2.75) is 19.5 Å². The van der Waals surface area contributed by atoms with E-state index in [1.165, 1.54) is 11.3 Å². The second kappa shape index (κ2) is 6.78. The summed E-state index contributed by atoms with van der Waals surface area (Å²) in [7, 11) is 0. The molecule has 0 spiro atoms. The van der Waals surface area contributed by atoms with E-state index >= 15 is 0 Å². The van der Waals surface area contributed by atoms with E-state index < -0.39 is 0 Å². The van der Waals surface area contributed by atoms with Crippen LogP contribution in [0.4, 0.5) is 5.69 Å². The van der Waals surface area contributed by atoms with Gasteiger partial charge in [-0.25, -0.2) is 0 Å². The molecule has 0 saturated carbocycles. The van der Waals surface area contributed by atoms with Gasteiger partial charge in [-0.2, -0.15) is 0 Å². The Balaban J connectivity index is 1.54. The van der Waals surface area contributed by atoms with Crippen LogP contribution >= 0.6 is 0 Å². The average Bonchev–Trinajstić information content (AvgIpc) is 3.08. The molecule has 4 heteroatoms. The summed E-state index contributed by atoms with van der Waals surface area (Å²) in [5.74, 6) is 0.972. The number of furan rings is 1. The zero-order valence-corrected chi connectivity index (χ0v) is 12.4. The molecule has 21 heavy (non-hydrogen) atoms. The van der Waals surface area contributed by atoms with Crippen molar-refractivity contribution < 1.29 is 9.15 Å². The summed E-state index contributed by atoms with van der Waals surface area (Å²) in [6, 6.07) is 12.9. The number of nitrogens with zero attached hydrogens (tertiary/aromatic N) is 1. The van der Waals surface area contributed by atoms with Crippen molar-refractivity contribution in [3.8, 4) is 0 Å². The first-order valence-corrected chi connectivity index (χ1v) is 7.51. The van der Waals surface area contributed by atoms with E-state index in [2.05, 4.69) is 41.4 Å². The van der Waals surface area contributed by atoms with Crippen LogP contribution in [0.1, 0.15) is 24.3 Å². The summed E-state index contributed by atoms with van der Waals surface area (Å²) >= 11 is 0. The smallest absolute Gasteiger partial charge is 0.120 e. The van der Waals surface area contributed by atoms with Gasteiger partial charge in [0, 0.05) is 25.3 Å². The summed E-state index contributed by atoms with van der Waals surface area (Å²) in [4.78, 5) is 2.37. The number of hydrogen-bond acceptors (Lipinski definition) is 4. The van der Waals surface area contributed by atoms with Crippen LogP contribution in [0.2, 0.25) is 0 Å². The molecule has 1 aromatic carbocycles. The molecule has 1 aromatic heterocycles. The Morgan fingerprint density at radius 3 is 2.57 bits per heavy atom. The lowest BCUT2D eigenvalue weighted by atomic mass is 10.1. The lowest BCUT2D eigenvalue weighted by Gasteiger charge is -2.29. The van der Waals surface area contributed by atoms with E-state index in [1.807, 2.05) is 12.1 Å². The van der Waals surface area contributed by atoms with Crippen LogP contribution < -0.4 is 10.2 Å². The lowest BCUT2D eigenvalue weighted by molar-refractivity contribution is 0.122. The number of benzene rings is 1. The van der Waals surface area contributed by atoms with Crippen LogP contribution in [0.3, 0.4) is 0 Å². The summed E-state index contributed by atoms with van der Waals surface area (Å²) < 4.78 is 10.8.